The highest BCUT2D eigenvalue weighted by Crippen LogP contribution is 2.26. The molecule has 104 valence electrons. The van der Waals surface area contributed by atoms with Crippen molar-refractivity contribution < 1.29 is 4.79 Å². The van der Waals surface area contributed by atoms with Gasteiger partial charge in [-0.15, -0.1) is 0 Å². The van der Waals surface area contributed by atoms with E-state index >= 15 is 0 Å². The number of carbonyl (C=O) groups is 1. The smallest absolute Gasteiger partial charge is 0.257 e. The van der Waals surface area contributed by atoms with Gasteiger partial charge in [-0.05, 0) is 30.3 Å². The predicted molar refractivity (Wildman–Crippen MR) is 81.2 cm³/mol. The summed E-state index contributed by atoms with van der Waals surface area (Å²) in [4.78, 5) is 29.8. The van der Waals surface area contributed by atoms with Crippen molar-refractivity contribution in [2.45, 2.75) is 0 Å². The number of nitrogens with two attached hydrogens (primary N) is 1. The molecule has 4 N–H and O–H groups in total. The van der Waals surface area contributed by atoms with Crippen molar-refractivity contribution >= 4 is 28.2 Å². The van der Waals surface area contributed by atoms with E-state index in [1.807, 2.05) is 6.07 Å². The third-order valence-electron chi connectivity index (χ3n) is 3.10. The molecular formula is C15H12N4O2. The molecule has 0 aliphatic rings. The van der Waals surface area contributed by atoms with Crippen LogP contribution in [-0.2, 0) is 0 Å². The van der Waals surface area contributed by atoms with E-state index in [0.717, 1.165) is 5.39 Å². The Bertz CT molecular complexity index is 866. The van der Waals surface area contributed by atoms with Crippen LogP contribution in [0.4, 0.5) is 11.4 Å². The number of nitrogen functional groups attached to an aromatic ring is 1. The van der Waals surface area contributed by atoms with Crippen molar-refractivity contribution in [2.24, 2.45) is 0 Å². The summed E-state index contributed by atoms with van der Waals surface area (Å²) in [6.07, 6.45) is 3.02. The molecule has 0 spiro atoms. The molecule has 3 aromatic rings. The molecular weight excluding hydrogens is 268 g/mol. The highest BCUT2D eigenvalue weighted by Gasteiger charge is 2.10. The molecule has 0 fully saturated rings. The number of pyridine rings is 2. The van der Waals surface area contributed by atoms with Crippen LogP contribution >= 0.6 is 0 Å². The molecule has 2 aromatic heterocycles. The number of aromatic amines is 1. The van der Waals surface area contributed by atoms with Crippen LogP contribution in [0.2, 0.25) is 0 Å². The first kappa shape index (κ1) is 12.9. The van der Waals surface area contributed by atoms with E-state index in [4.69, 9.17) is 5.73 Å². The van der Waals surface area contributed by atoms with Crippen LogP contribution in [0.5, 0.6) is 0 Å². The van der Waals surface area contributed by atoms with E-state index < -0.39 is 0 Å². The number of hydrogen-bond acceptors (Lipinski definition) is 4. The molecule has 0 radical (unpaired) electrons. The van der Waals surface area contributed by atoms with E-state index in [1.54, 1.807) is 24.4 Å². The first-order valence-electron chi connectivity index (χ1n) is 6.28. The molecule has 3 rings (SSSR count). The van der Waals surface area contributed by atoms with Gasteiger partial charge in [0.05, 0.1) is 22.5 Å². The van der Waals surface area contributed by atoms with Crippen molar-refractivity contribution in [1.82, 2.24) is 9.97 Å². The summed E-state index contributed by atoms with van der Waals surface area (Å²) in [7, 11) is 0. The number of amides is 1. The molecule has 21 heavy (non-hydrogen) atoms. The number of benzene rings is 1. The molecule has 0 saturated heterocycles. The van der Waals surface area contributed by atoms with E-state index in [9.17, 15) is 9.59 Å². The molecule has 0 unspecified atom stereocenters. The Labute approximate surface area is 119 Å². The lowest BCUT2D eigenvalue weighted by Gasteiger charge is -2.09. The van der Waals surface area contributed by atoms with Crippen molar-refractivity contribution in [3.63, 3.8) is 0 Å². The van der Waals surface area contributed by atoms with E-state index in [2.05, 4.69) is 15.3 Å². The zero-order valence-electron chi connectivity index (χ0n) is 11.0. The fourth-order valence-corrected chi connectivity index (χ4v) is 2.05. The van der Waals surface area contributed by atoms with Crippen LogP contribution in [0, 0.1) is 0 Å². The highest BCUT2D eigenvalue weighted by atomic mass is 16.1. The van der Waals surface area contributed by atoms with Gasteiger partial charge in [-0.3, -0.25) is 14.6 Å². The zero-order valence-corrected chi connectivity index (χ0v) is 11.0. The van der Waals surface area contributed by atoms with E-state index in [-0.39, 0.29) is 11.5 Å². The standard InChI is InChI=1S/C15H12N4O2/c16-11-4-5-12(10-2-1-7-17-14(10)11)19-15(21)9-3-6-13(20)18-8-9/h1-8H,16H2,(H,18,20)(H,19,21). The largest absolute Gasteiger partial charge is 0.397 e. The van der Waals surface area contributed by atoms with Crippen LogP contribution in [0.25, 0.3) is 10.9 Å². The number of rotatable bonds is 2. The van der Waals surface area contributed by atoms with Gasteiger partial charge in [0.1, 0.15) is 0 Å². The first-order valence-corrected chi connectivity index (χ1v) is 6.28. The Morgan fingerprint density at radius 2 is 2.05 bits per heavy atom. The topological polar surface area (TPSA) is 101 Å². The quantitative estimate of drug-likeness (QED) is 0.622. The number of anilines is 2. The molecule has 0 saturated carbocycles. The van der Waals surface area contributed by atoms with Gasteiger partial charge in [0.15, 0.2) is 0 Å². The van der Waals surface area contributed by atoms with Gasteiger partial charge in [-0.25, -0.2) is 0 Å². The highest BCUT2D eigenvalue weighted by molar-refractivity contribution is 6.10. The Hall–Kier alpha value is -3.15. The Morgan fingerprint density at radius 3 is 2.81 bits per heavy atom. The summed E-state index contributed by atoms with van der Waals surface area (Å²) in [5, 5.41) is 3.55. The maximum absolute atomic E-state index is 12.2. The van der Waals surface area contributed by atoms with Gasteiger partial charge >= 0.3 is 0 Å². The van der Waals surface area contributed by atoms with Gasteiger partial charge in [0, 0.05) is 23.8 Å². The lowest BCUT2D eigenvalue weighted by Crippen LogP contribution is -2.14. The minimum absolute atomic E-state index is 0.256. The number of fused-ring (bicyclic) bond motifs is 1. The minimum atomic E-state index is -0.318. The molecule has 1 aromatic carbocycles. The minimum Gasteiger partial charge on any atom is -0.397 e. The number of H-pyrrole nitrogens is 1. The normalized spacial score (nSPS) is 10.5. The summed E-state index contributed by atoms with van der Waals surface area (Å²) in [5.41, 5.74) is 7.78. The molecule has 1 amide bonds. The van der Waals surface area contributed by atoms with Crippen LogP contribution in [-0.4, -0.2) is 15.9 Å². The van der Waals surface area contributed by atoms with Crippen molar-refractivity contribution in [2.75, 3.05) is 11.1 Å². The maximum atomic E-state index is 12.2. The summed E-state index contributed by atoms with van der Waals surface area (Å²) in [6.45, 7) is 0. The van der Waals surface area contributed by atoms with Crippen LogP contribution in [0.1, 0.15) is 10.4 Å². The number of carbonyl (C=O) groups excluding carboxylic acids is 1. The third-order valence-corrected chi connectivity index (χ3v) is 3.10. The van der Waals surface area contributed by atoms with Crippen LogP contribution in [0.15, 0.2) is 53.6 Å². The first-order chi connectivity index (χ1) is 10.1. The fraction of sp³-hybridized carbons (Fsp3) is 0. The maximum Gasteiger partial charge on any atom is 0.257 e. The summed E-state index contributed by atoms with van der Waals surface area (Å²) >= 11 is 0. The molecule has 0 aliphatic carbocycles. The Balaban J connectivity index is 1.98. The van der Waals surface area contributed by atoms with E-state index in [1.165, 1.54) is 18.3 Å². The average Bonchev–Trinajstić information content (AvgIpc) is 2.51. The second-order valence-electron chi connectivity index (χ2n) is 4.50. The Kier molecular flexibility index (Phi) is 3.12. The second-order valence-corrected chi connectivity index (χ2v) is 4.50. The molecule has 0 bridgehead atoms. The molecule has 0 atom stereocenters. The SMILES string of the molecule is Nc1ccc(NC(=O)c2ccc(=O)[nH]c2)c2cccnc12. The summed E-state index contributed by atoms with van der Waals surface area (Å²) < 4.78 is 0. The predicted octanol–water partition coefficient (Wildman–Crippen LogP) is 1.76. The van der Waals surface area contributed by atoms with Crippen molar-refractivity contribution in [3.05, 3.63) is 64.7 Å². The van der Waals surface area contributed by atoms with Crippen molar-refractivity contribution in [1.29, 1.82) is 0 Å². The fourth-order valence-electron chi connectivity index (χ4n) is 2.05. The average molecular weight is 280 g/mol. The molecule has 0 aliphatic heterocycles. The van der Waals surface area contributed by atoms with Crippen LogP contribution < -0.4 is 16.6 Å². The second kappa shape index (κ2) is 5.09. The van der Waals surface area contributed by atoms with Crippen molar-refractivity contribution in [3.8, 4) is 0 Å². The zero-order chi connectivity index (χ0) is 14.8. The number of nitrogens with one attached hydrogen (secondary N) is 2. The monoisotopic (exact) mass is 280 g/mol. The van der Waals surface area contributed by atoms with Gasteiger partial charge < -0.3 is 16.0 Å². The third kappa shape index (κ3) is 2.46. The number of aromatic nitrogens is 2. The van der Waals surface area contributed by atoms with E-state index in [0.29, 0.717) is 22.5 Å². The van der Waals surface area contributed by atoms with Gasteiger partial charge in [-0.2, -0.15) is 0 Å². The van der Waals surface area contributed by atoms with Gasteiger partial charge in [-0.1, -0.05) is 0 Å². The summed E-state index contributed by atoms with van der Waals surface area (Å²) in [5.74, 6) is -0.318. The molecule has 6 nitrogen and oxygen atoms in total. The van der Waals surface area contributed by atoms with Crippen LogP contribution in [0.3, 0.4) is 0 Å². The Morgan fingerprint density at radius 1 is 1.19 bits per heavy atom. The van der Waals surface area contributed by atoms with Gasteiger partial charge in [0.25, 0.3) is 5.91 Å². The lowest BCUT2D eigenvalue weighted by molar-refractivity contribution is 0.102. The lowest BCUT2D eigenvalue weighted by atomic mass is 10.1. The number of hydrogen-bond donors (Lipinski definition) is 3. The van der Waals surface area contributed by atoms with Gasteiger partial charge in [0.2, 0.25) is 5.56 Å². The summed E-state index contributed by atoms with van der Waals surface area (Å²) in [6, 6.07) is 9.79. The molecule has 2 heterocycles. The molecule has 6 heteroatoms. The number of nitrogens with zero attached hydrogens (tertiary/aromatic N) is 1.